The summed E-state index contributed by atoms with van der Waals surface area (Å²) in [5.41, 5.74) is 0.224. The number of ether oxygens (including phenoxy) is 4. The molecule has 2 aromatic carbocycles. The molecule has 0 aliphatic carbocycles. The average Bonchev–Trinajstić information content (AvgIpc) is 3.01. The van der Waals surface area contributed by atoms with Crippen LogP contribution in [0.25, 0.3) is 0 Å². The van der Waals surface area contributed by atoms with E-state index in [1.54, 1.807) is 62.4 Å². The number of Topliss-reactive ketones (excluding diaryl/α,β-unsaturated/α-hetero) is 1. The smallest absolute Gasteiger partial charge is 0.341 e. The van der Waals surface area contributed by atoms with Crippen LogP contribution in [0.1, 0.15) is 56.8 Å². The zero-order valence-electron chi connectivity index (χ0n) is 25.5. The molecule has 2 N–H and O–H groups in total. The van der Waals surface area contributed by atoms with Gasteiger partial charge in [-0.15, -0.1) is 6.58 Å². The second kappa shape index (κ2) is 15.9. The highest BCUT2D eigenvalue weighted by Crippen LogP contribution is 2.32. The fraction of sp³-hybridized carbons (Fsp3) is 0.455. The normalized spacial score (nSPS) is 15.6. The maximum Gasteiger partial charge on any atom is 0.341 e. The van der Waals surface area contributed by atoms with Crippen LogP contribution < -0.4 is 9.47 Å². The number of piperidine rings is 1. The number of carbonyl (C=O) groups is 4. The molecule has 2 aromatic rings. The lowest BCUT2D eigenvalue weighted by Crippen LogP contribution is -2.53. The number of carboxylic acid groups (broad SMARTS) is 1. The summed E-state index contributed by atoms with van der Waals surface area (Å²) in [7, 11) is 1.45. The highest BCUT2D eigenvalue weighted by atomic mass is 16.5. The monoisotopic (exact) mass is 611 g/mol. The van der Waals surface area contributed by atoms with Crippen molar-refractivity contribution in [2.75, 3.05) is 33.5 Å². The fourth-order valence-corrected chi connectivity index (χ4v) is 4.95. The number of methoxy groups -OCH3 is 1. The summed E-state index contributed by atoms with van der Waals surface area (Å²) in [6.45, 7) is 6.80. The topological polar surface area (TPSA) is 149 Å². The highest BCUT2D eigenvalue weighted by Gasteiger charge is 2.42. The number of benzene rings is 2. The Morgan fingerprint density at radius 2 is 1.91 bits per heavy atom. The van der Waals surface area contributed by atoms with E-state index >= 15 is 0 Å². The number of phenols is 1. The Bertz CT molecular complexity index is 1340. The first kappa shape index (κ1) is 34.1. The standard InChI is InChI=1S/C33H41NO10/c1-5-17-42-21-33(2,3)30(38)31(39)34-16-7-6-11-25(34)32(40)44-27(14-12-22-13-15-28(41-4)26(35)18-22)23-9-8-10-24(19-23)43-20-29(36)37/h5,8-10,13,15,18-19,25,27,35H,1,6-7,11-12,14,16-17,20-21H2,2-4H3,(H,36,37)/t25-,27+/m0/s1. The van der Waals surface area contributed by atoms with Crippen LogP contribution in [0.2, 0.25) is 0 Å². The van der Waals surface area contributed by atoms with Crippen molar-refractivity contribution in [2.24, 2.45) is 5.41 Å². The van der Waals surface area contributed by atoms with Gasteiger partial charge in [0.2, 0.25) is 5.78 Å². The maximum absolute atomic E-state index is 13.7. The van der Waals surface area contributed by atoms with Crippen LogP contribution in [0, 0.1) is 5.41 Å². The van der Waals surface area contributed by atoms with E-state index in [-0.39, 0.29) is 31.3 Å². The molecule has 0 aromatic heterocycles. The number of carbonyl (C=O) groups excluding carboxylic acids is 3. The quantitative estimate of drug-likeness (QED) is 0.122. The van der Waals surface area contributed by atoms with Gasteiger partial charge in [-0.25, -0.2) is 9.59 Å². The van der Waals surface area contributed by atoms with Crippen molar-refractivity contribution in [1.82, 2.24) is 4.90 Å². The van der Waals surface area contributed by atoms with E-state index in [0.717, 1.165) is 5.56 Å². The van der Waals surface area contributed by atoms with Gasteiger partial charge in [0.15, 0.2) is 18.1 Å². The molecule has 0 saturated carbocycles. The number of carboxylic acids is 1. The van der Waals surface area contributed by atoms with Gasteiger partial charge in [0, 0.05) is 6.54 Å². The summed E-state index contributed by atoms with van der Waals surface area (Å²) >= 11 is 0. The van der Waals surface area contributed by atoms with Gasteiger partial charge < -0.3 is 34.1 Å². The number of nitrogens with zero attached hydrogens (tertiary/aromatic N) is 1. The third kappa shape index (κ3) is 9.31. The van der Waals surface area contributed by atoms with Crippen molar-refractivity contribution in [3.05, 3.63) is 66.2 Å². The fourth-order valence-electron chi connectivity index (χ4n) is 4.95. The van der Waals surface area contributed by atoms with E-state index in [4.69, 9.17) is 24.1 Å². The molecule has 11 heteroatoms. The number of aliphatic carboxylic acids is 1. The molecule has 1 aliphatic heterocycles. The number of aryl methyl sites for hydroxylation is 1. The van der Waals surface area contributed by atoms with Gasteiger partial charge in [0.1, 0.15) is 17.9 Å². The number of rotatable bonds is 16. The predicted octanol–water partition coefficient (Wildman–Crippen LogP) is 4.26. The second-order valence-electron chi connectivity index (χ2n) is 11.3. The zero-order chi connectivity index (χ0) is 32.3. The van der Waals surface area contributed by atoms with Crippen molar-refractivity contribution in [3.63, 3.8) is 0 Å². The summed E-state index contributed by atoms with van der Waals surface area (Å²) in [5.74, 6) is -2.60. The van der Waals surface area contributed by atoms with Crippen molar-refractivity contribution in [2.45, 2.75) is 58.1 Å². The second-order valence-corrected chi connectivity index (χ2v) is 11.3. The van der Waals surface area contributed by atoms with Crippen LogP contribution in [-0.2, 0) is 35.1 Å². The van der Waals surface area contributed by atoms with Gasteiger partial charge in [-0.2, -0.15) is 0 Å². The Morgan fingerprint density at radius 3 is 2.59 bits per heavy atom. The van der Waals surface area contributed by atoms with Crippen LogP contribution in [0.5, 0.6) is 17.2 Å². The Balaban J connectivity index is 1.83. The number of hydrogen-bond acceptors (Lipinski definition) is 9. The molecule has 1 fully saturated rings. The van der Waals surface area contributed by atoms with Crippen LogP contribution >= 0.6 is 0 Å². The molecular weight excluding hydrogens is 570 g/mol. The Labute approximate surface area is 257 Å². The van der Waals surface area contributed by atoms with E-state index < -0.39 is 47.8 Å². The predicted molar refractivity (Wildman–Crippen MR) is 161 cm³/mol. The molecule has 3 rings (SSSR count). The number of ketones is 1. The minimum atomic E-state index is -1.13. The SMILES string of the molecule is C=CCOCC(C)(C)C(=O)C(=O)N1CCCC[C@H]1C(=O)O[C@H](CCc1ccc(OC)c(O)c1)c1cccc(OCC(=O)O)c1. The molecule has 44 heavy (non-hydrogen) atoms. The van der Waals surface area contributed by atoms with Gasteiger partial charge in [0.25, 0.3) is 5.91 Å². The molecule has 0 unspecified atom stereocenters. The lowest BCUT2D eigenvalue weighted by atomic mass is 9.87. The molecule has 1 amide bonds. The number of amides is 1. The minimum absolute atomic E-state index is 0.0236. The van der Waals surface area contributed by atoms with E-state index in [2.05, 4.69) is 6.58 Å². The Morgan fingerprint density at radius 1 is 1.14 bits per heavy atom. The summed E-state index contributed by atoms with van der Waals surface area (Å²) in [6.07, 6.45) is 3.11. The van der Waals surface area contributed by atoms with Crippen LogP contribution in [0.4, 0.5) is 0 Å². The highest BCUT2D eigenvalue weighted by molar-refractivity contribution is 6.38. The van der Waals surface area contributed by atoms with Crippen LogP contribution in [-0.4, -0.2) is 78.3 Å². The van der Waals surface area contributed by atoms with Crippen molar-refractivity contribution in [1.29, 1.82) is 0 Å². The lowest BCUT2D eigenvalue weighted by molar-refractivity contribution is -0.165. The summed E-state index contributed by atoms with van der Waals surface area (Å²) < 4.78 is 21.9. The molecular formula is C33H41NO10. The van der Waals surface area contributed by atoms with E-state index in [0.29, 0.717) is 43.4 Å². The summed E-state index contributed by atoms with van der Waals surface area (Å²) in [4.78, 5) is 52.6. The van der Waals surface area contributed by atoms with E-state index in [1.165, 1.54) is 12.0 Å². The molecule has 11 nitrogen and oxygen atoms in total. The zero-order valence-corrected chi connectivity index (χ0v) is 25.5. The van der Waals surface area contributed by atoms with Crippen molar-refractivity contribution in [3.8, 4) is 17.2 Å². The molecule has 1 saturated heterocycles. The largest absolute Gasteiger partial charge is 0.504 e. The third-order valence-electron chi connectivity index (χ3n) is 7.33. The van der Waals surface area contributed by atoms with E-state index in [1.807, 2.05) is 0 Å². The number of esters is 1. The summed E-state index contributed by atoms with van der Waals surface area (Å²) in [5, 5.41) is 19.2. The Hall–Kier alpha value is -4.38. The van der Waals surface area contributed by atoms with Gasteiger partial charge in [0.05, 0.1) is 25.7 Å². The number of likely N-dealkylation sites (tertiary alicyclic amines) is 1. The number of phenolic OH excluding ortho intramolecular Hbond substituents is 1. The van der Waals surface area contributed by atoms with Gasteiger partial charge in [-0.05, 0) is 67.5 Å². The van der Waals surface area contributed by atoms with Gasteiger partial charge >= 0.3 is 11.9 Å². The molecule has 0 spiro atoms. The lowest BCUT2D eigenvalue weighted by Gasteiger charge is -2.36. The molecule has 0 bridgehead atoms. The third-order valence-corrected chi connectivity index (χ3v) is 7.33. The minimum Gasteiger partial charge on any atom is -0.504 e. The van der Waals surface area contributed by atoms with Crippen molar-refractivity contribution < 1.29 is 48.3 Å². The molecule has 0 radical (unpaired) electrons. The first-order valence-corrected chi connectivity index (χ1v) is 14.5. The van der Waals surface area contributed by atoms with Crippen molar-refractivity contribution >= 4 is 23.6 Å². The molecule has 238 valence electrons. The van der Waals surface area contributed by atoms with Gasteiger partial charge in [-0.3, -0.25) is 9.59 Å². The maximum atomic E-state index is 13.7. The number of hydrogen-bond donors (Lipinski definition) is 2. The van der Waals surface area contributed by atoms with Crippen LogP contribution in [0.15, 0.2) is 55.1 Å². The summed E-state index contributed by atoms with van der Waals surface area (Å²) in [6, 6.07) is 10.6. The van der Waals surface area contributed by atoms with Gasteiger partial charge in [-0.1, -0.05) is 38.1 Å². The molecule has 1 heterocycles. The van der Waals surface area contributed by atoms with E-state index in [9.17, 15) is 24.3 Å². The average molecular weight is 612 g/mol. The first-order valence-electron chi connectivity index (χ1n) is 14.5. The number of aromatic hydroxyl groups is 1. The van der Waals surface area contributed by atoms with Crippen LogP contribution in [0.3, 0.4) is 0 Å². The molecule has 2 atom stereocenters. The first-order chi connectivity index (χ1) is 21.0. The molecule has 1 aliphatic rings. The Kier molecular flexibility index (Phi) is 12.3.